The summed E-state index contributed by atoms with van der Waals surface area (Å²) in [6, 6.07) is 14.3. The van der Waals surface area contributed by atoms with E-state index in [9.17, 15) is 4.79 Å². The first-order chi connectivity index (χ1) is 11.1. The number of rotatable bonds is 5. The zero-order valence-electron chi connectivity index (χ0n) is 12.3. The van der Waals surface area contributed by atoms with E-state index in [4.69, 9.17) is 14.6 Å². The number of benzene rings is 2. The quantitative estimate of drug-likeness (QED) is 0.779. The van der Waals surface area contributed by atoms with Crippen LogP contribution in [0.25, 0.3) is 10.9 Å². The number of carboxylic acid groups (broad SMARTS) is 1. The minimum atomic E-state index is -1.02. The van der Waals surface area contributed by atoms with Crippen molar-refractivity contribution in [3.8, 4) is 17.4 Å². The van der Waals surface area contributed by atoms with Crippen molar-refractivity contribution in [1.29, 1.82) is 0 Å². The van der Waals surface area contributed by atoms with E-state index in [0.29, 0.717) is 17.4 Å². The van der Waals surface area contributed by atoms with Gasteiger partial charge in [0.05, 0.1) is 10.9 Å². The van der Waals surface area contributed by atoms with E-state index in [1.54, 1.807) is 24.3 Å². The lowest BCUT2D eigenvalue weighted by Crippen LogP contribution is -2.22. The van der Waals surface area contributed by atoms with Crippen molar-refractivity contribution in [2.45, 2.75) is 13.0 Å². The molecular weight excluding hydrogens is 296 g/mol. The molecule has 0 aliphatic heterocycles. The Bertz CT molecular complexity index is 828. The van der Waals surface area contributed by atoms with Gasteiger partial charge in [0.2, 0.25) is 5.88 Å². The molecule has 0 bridgehead atoms. The fourth-order valence-corrected chi connectivity index (χ4v) is 2.01. The molecule has 1 aromatic heterocycles. The number of aromatic nitrogens is 2. The molecule has 6 heteroatoms. The summed E-state index contributed by atoms with van der Waals surface area (Å²) in [7, 11) is 0. The second-order valence-electron chi connectivity index (χ2n) is 4.87. The maximum atomic E-state index is 10.8. The van der Waals surface area contributed by atoms with E-state index in [1.807, 2.05) is 24.3 Å². The lowest BCUT2D eigenvalue weighted by Gasteiger charge is -2.11. The van der Waals surface area contributed by atoms with Crippen LogP contribution >= 0.6 is 0 Å². The molecule has 116 valence electrons. The number of fused-ring (bicyclic) bond motifs is 1. The maximum absolute atomic E-state index is 10.8. The van der Waals surface area contributed by atoms with Crippen molar-refractivity contribution in [2.24, 2.45) is 0 Å². The van der Waals surface area contributed by atoms with Gasteiger partial charge >= 0.3 is 5.97 Å². The Labute approximate surface area is 132 Å². The molecule has 1 unspecified atom stereocenters. The van der Waals surface area contributed by atoms with E-state index in [2.05, 4.69) is 9.97 Å². The molecule has 2 aromatic carbocycles. The first kappa shape index (κ1) is 14.8. The predicted octanol–water partition coefficient (Wildman–Crippen LogP) is 3.27. The van der Waals surface area contributed by atoms with Gasteiger partial charge in [-0.1, -0.05) is 12.1 Å². The number of ether oxygens (including phenoxy) is 2. The lowest BCUT2D eigenvalue weighted by molar-refractivity contribution is -0.144. The standard InChI is InChI=1S/C17H14N2O4/c1-11(17(20)21)22-12-6-8-13(9-7-12)23-16-14-4-2-3-5-15(14)18-10-19-16/h2-11H,1H3,(H,20,21). The van der Waals surface area contributed by atoms with Crippen LogP contribution in [0.2, 0.25) is 0 Å². The topological polar surface area (TPSA) is 81.5 Å². The summed E-state index contributed by atoms with van der Waals surface area (Å²) in [4.78, 5) is 19.1. The van der Waals surface area contributed by atoms with Crippen LogP contribution in [0.15, 0.2) is 54.9 Å². The third-order valence-corrected chi connectivity index (χ3v) is 3.21. The van der Waals surface area contributed by atoms with Crippen molar-refractivity contribution in [3.05, 3.63) is 54.9 Å². The monoisotopic (exact) mass is 310 g/mol. The van der Waals surface area contributed by atoms with Gasteiger partial charge in [-0.15, -0.1) is 0 Å². The van der Waals surface area contributed by atoms with Gasteiger partial charge in [-0.25, -0.2) is 14.8 Å². The molecule has 3 aromatic rings. The van der Waals surface area contributed by atoms with Gasteiger partial charge in [0.15, 0.2) is 6.10 Å². The van der Waals surface area contributed by atoms with Gasteiger partial charge in [-0.3, -0.25) is 0 Å². The summed E-state index contributed by atoms with van der Waals surface area (Å²) >= 11 is 0. The van der Waals surface area contributed by atoms with E-state index >= 15 is 0 Å². The number of aliphatic carboxylic acids is 1. The maximum Gasteiger partial charge on any atom is 0.344 e. The van der Waals surface area contributed by atoms with Gasteiger partial charge in [0.25, 0.3) is 0 Å². The average molecular weight is 310 g/mol. The van der Waals surface area contributed by atoms with E-state index in [-0.39, 0.29) is 0 Å². The van der Waals surface area contributed by atoms with Gasteiger partial charge < -0.3 is 14.6 Å². The largest absolute Gasteiger partial charge is 0.479 e. The Balaban J connectivity index is 1.79. The third-order valence-electron chi connectivity index (χ3n) is 3.21. The summed E-state index contributed by atoms with van der Waals surface area (Å²) in [6.07, 6.45) is 0.538. The molecule has 1 atom stereocenters. The Morgan fingerprint density at radius 2 is 1.74 bits per heavy atom. The molecule has 1 N–H and O–H groups in total. The highest BCUT2D eigenvalue weighted by atomic mass is 16.5. The summed E-state index contributed by atoms with van der Waals surface area (Å²) in [6.45, 7) is 1.47. The Morgan fingerprint density at radius 3 is 2.48 bits per heavy atom. The number of nitrogens with zero attached hydrogens (tertiary/aromatic N) is 2. The van der Waals surface area contributed by atoms with Crippen LogP contribution in [0.1, 0.15) is 6.92 Å². The fourth-order valence-electron chi connectivity index (χ4n) is 2.01. The zero-order chi connectivity index (χ0) is 16.2. The second kappa shape index (κ2) is 6.31. The highest BCUT2D eigenvalue weighted by Gasteiger charge is 2.12. The van der Waals surface area contributed by atoms with Crippen molar-refractivity contribution < 1.29 is 19.4 Å². The van der Waals surface area contributed by atoms with Crippen LogP contribution in [0.4, 0.5) is 0 Å². The molecule has 0 aliphatic rings. The molecule has 0 amide bonds. The van der Waals surface area contributed by atoms with Crippen molar-refractivity contribution in [2.75, 3.05) is 0 Å². The SMILES string of the molecule is CC(Oc1ccc(Oc2ncnc3ccccc23)cc1)C(=O)O. The van der Waals surface area contributed by atoms with Crippen molar-refractivity contribution in [1.82, 2.24) is 9.97 Å². The number of hydrogen-bond donors (Lipinski definition) is 1. The number of carboxylic acids is 1. The van der Waals surface area contributed by atoms with Gasteiger partial charge in [0, 0.05) is 0 Å². The van der Waals surface area contributed by atoms with Crippen molar-refractivity contribution >= 4 is 16.9 Å². The molecule has 0 aliphatic carbocycles. The highest BCUT2D eigenvalue weighted by Crippen LogP contribution is 2.27. The summed E-state index contributed by atoms with van der Waals surface area (Å²) in [5.41, 5.74) is 0.799. The van der Waals surface area contributed by atoms with Crippen LogP contribution in [-0.2, 0) is 4.79 Å². The van der Waals surface area contributed by atoms with Gasteiger partial charge in [-0.05, 0) is 43.3 Å². The summed E-state index contributed by atoms with van der Waals surface area (Å²) in [5.74, 6) is 0.477. The van der Waals surface area contributed by atoms with Crippen LogP contribution < -0.4 is 9.47 Å². The van der Waals surface area contributed by atoms with Gasteiger partial charge in [0.1, 0.15) is 17.8 Å². The molecule has 23 heavy (non-hydrogen) atoms. The minimum absolute atomic E-state index is 0.458. The highest BCUT2D eigenvalue weighted by molar-refractivity contribution is 5.83. The van der Waals surface area contributed by atoms with E-state index < -0.39 is 12.1 Å². The smallest absolute Gasteiger partial charge is 0.344 e. The lowest BCUT2D eigenvalue weighted by atomic mass is 10.2. The first-order valence-corrected chi connectivity index (χ1v) is 7.00. The molecule has 0 saturated carbocycles. The summed E-state index contributed by atoms with van der Waals surface area (Å²) in [5, 5.41) is 9.64. The molecule has 0 spiro atoms. The number of carbonyl (C=O) groups is 1. The van der Waals surface area contributed by atoms with E-state index in [0.717, 1.165) is 10.9 Å². The van der Waals surface area contributed by atoms with Crippen molar-refractivity contribution in [3.63, 3.8) is 0 Å². The average Bonchev–Trinajstić information content (AvgIpc) is 2.57. The molecule has 3 rings (SSSR count). The zero-order valence-corrected chi connectivity index (χ0v) is 12.3. The first-order valence-electron chi connectivity index (χ1n) is 7.00. The van der Waals surface area contributed by atoms with Crippen LogP contribution in [0.3, 0.4) is 0 Å². The second-order valence-corrected chi connectivity index (χ2v) is 4.87. The Kier molecular flexibility index (Phi) is 4.05. The third kappa shape index (κ3) is 3.37. The van der Waals surface area contributed by atoms with Gasteiger partial charge in [-0.2, -0.15) is 0 Å². The molecule has 0 saturated heterocycles. The molecule has 0 fully saturated rings. The number of hydrogen-bond acceptors (Lipinski definition) is 5. The van der Waals surface area contributed by atoms with Crippen LogP contribution in [-0.4, -0.2) is 27.1 Å². The molecule has 1 heterocycles. The Morgan fingerprint density at radius 1 is 1.04 bits per heavy atom. The van der Waals surface area contributed by atoms with Crippen LogP contribution in [0, 0.1) is 0 Å². The van der Waals surface area contributed by atoms with E-state index in [1.165, 1.54) is 13.3 Å². The predicted molar refractivity (Wildman–Crippen MR) is 83.8 cm³/mol. The fraction of sp³-hybridized carbons (Fsp3) is 0.118. The molecular formula is C17H14N2O4. The molecule has 6 nitrogen and oxygen atoms in total. The Hall–Kier alpha value is -3.15. The number of para-hydroxylation sites is 1. The van der Waals surface area contributed by atoms with Crippen LogP contribution in [0.5, 0.6) is 17.4 Å². The molecule has 0 radical (unpaired) electrons. The summed E-state index contributed by atoms with van der Waals surface area (Å²) < 4.78 is 11.0. The minimum Gasteiger partial charge on any atom is -0.479 e. The normalized spacial score (nSPS) is 11.9.